The normalized spacial score (nSPS) is 21.2. The van der Waals surface area contributed by atoms with Crippen molar-refractivity contribution in [2.75, 3.05) is 44.2 Å². The maximum Gasteiger partial charge on any atom is 0.319 e. The molecule has 7 rings (SSSR count). The zero-order valence-electron chi connectivity index (χ0n) is 26.5. The first-order valence-electron chi connectivity index (χ1n) is 16.5. The maximum absolute atomic E-state index is 16.8. The Morgan fingerprint density at radius 3 is 2.50 bits per heavy atom. The number of hydrogen-bond acceptors (Lipinski definition) is 8. The van der Waals surface area contributed by atoms with E-state index in [1.54, 1.807) is 6.20 Å². The van der Waals surface area contributed by atoms with Crippen molar-refractivity contribution in [2.45, 2.75) is 64.5 Å². The number of anilines is 1. The van der Waals surface area contributed by atoms with Crippen LogP contribution in [0, 0.1) is 29.4 Å². The molecule has 2 aromatic heterocycles. The largest absolute Gasteiger partial charge is 0.508 e. The average Bonchev–Trinajstić information content (AvgIpc) is 3.64. The minimum absolute atomic E-state index is 0.0223. The summed E-state index contributed by atoms with van der Waals surface area (Å²) in [7, 11) is 0. The van der Waals surface area contributed by atoms with Crippen LogP contribution in [-0.4, -0.2) is 76.4 Å². The van der Waals surface area contributed by atoms with E-state index in [1.807, 2.05) is 0 Å². The number of benzene rings is 2. The first kappa shape index (κ1) is 30.6. The predicted molar refractivity (Wildman–Crippen MR) is 176 cm³/mol. The molecule has 1 aliphatic carbocycles. The third-order valence-electron chi connectivity index (χ3n) is 9.96. The lowest BCUT2D eigenvalue weighted by Gasteiger charge is -2.39. The van der Waals surface area contributed by atoms with Gasteiger partial charge in [-0.05, 0) is 75.2 Å². The summed E-state index contributed by atoms with van der Waals surface area (Å²) in [6.07, 6.45) is 13.8. The zero-order chi connectivity index (χ0) is 32.0. The average molecular weight is 627 g/mol. The Hall–Kier alpha value is -4.07. The molecule has 2 unspecified atom stereocenters. The van der Waals surface area contributed by atoms with Gasteiger partial charge in [0.05, 0.1) is 17.6 Å². The van der Waals surface area contributed by atoms with Gasteiger partial charge in [-0.2, -0.15) is 9.97 Å². The molecule has 3 fully saturated rings. The standard InChI is InChI=1S/C36H40F2N6O2/c1-4-23-18-44(19-24(5-2)40-23)34-28-17-39-32(27-16-25(45)15-22-9-10-29(37)26(6-3)30(22)27)31(38)33(28)41-35(42-34)46-21-36(11-12-36)20-43-13-7-8-14-43/h3,9-10,15-17,23-24,40,45H,4-5,7-8,11-14,18-21H2,1-2H3. The van der Waals surface area contributed by atoms with Gasteiger partial charge in [-0.1, -0.05) is 25.8 Å². The number of piperazine rings is 1. The van der Waals surface area contributed by atoms with Crippen molar-refractivity contribution in [1.82, 2.24) is 25.2 Å². The Balaban J connectivity index is 1.35. The van der Waals surface area contributed by atoms with Gasteiger partial charge in [0.25, 0.3) is 0 Å². The first-order valence-corrected chi connectivity index (χ1v) is 16.5. The molecule has 8 nitrogen and oxygen atoms in total. The highest BCUT2D eigenvalue weighted by molar-refractivity contribution is 6.03. The fourth-order valence-corrected chi connectivity index (χ4v) is 7.14. The van der Waals surface area contributed by atoms with Crippen LogP contribution in [0.3, 0.4) is 0 Å². The van der Waals surface area contributed by atoms with Crippen molar-refractivity contribution in [2.24, 2.45) is 5.41 Å². The molecule has 0 radical (unpaired) electrons. The van der Waals surface area contributed by atoms with Crippen LogP contribution in [0.15, 0.2) is 30.5 Å². The number of aromatic hydroxyl groups is 1. The summed E-state index contributed by atoms with van der Waals surface area (Å²) < 4.78 is 38.0. The molecule has 0 bridgehead atoms. The second-order valence-corrected chi connectivity index (χ2v) is 13.2. The molecule has 4 heterocycles. The lowest BCUT2D eigenvalue weighted by atomic mass is 9.95. The molecule has 2 N–H and O–H groups in total. The van der Waals surface area contributed by atoms with E-state index in [0.29, 0.717) is 41.7 Å². The molecule has 0 spiro atoms. The first-order chi connectivity index (χ1) is 22.3. The van der Waals surface area contributed by atoms with Crippen molar-refractivity contribution in [1.29, 1.82) is 0 Å². The van der Waals surface area contributed by atoms with Gasteiger partial charge >= 0.3 is 6.01 Å². The van der Waals surface area contributed by atoms with Crippen LogP contribution in [0.2, 0.25) is 0 Å². The Kier molecular flexibility index (Phi) is 8.16. The molecule has 2 atom stereocenters. The van der Waals surface area contributed by atoms with Crippen molar-refractivity contribution < 1.29 is 18.6 Å². The van der Waals surface area contributed by atoms with E-state index < -0.39 is 11.6 Å². The summed E-state index contributed by atoms with van der Waals surface area (Å²) in [4.78, 5) is 18.8. The van der Waals surface area contributed by atoms with E-state index in [4.69, 9.17) is 16.1 Å². The molecule has 1 saturated carbocycles. The van der Waals surface area contributed by atoms with E-state index in [-0.39, 0.29) is 51.6 Å². The third kappa shape index (κ3) is 5.71. The second kappa shape index (κ2) is 12.3. The van der Waals surface area contributed by atoms with Crippen LogP contribution in [0.5, 0.6) is 11.8 Å². The number of fused-ring (bicyclic) bond motifs is 2. The monoisotopic (exact) mass is 626 g/mol. The number of nitrogens with one attached hydrogen (secondary N) is 1. The van der Waals surface area contributed by atoms with E-state index >= 15 is 4.39 Å². The quantitative estimate of drug-likeness (QED) is 0.218. The highest BCUT2D eigenvalue weighted by Crippen LogP contribution is 2.47. The Bertz CT molecular complexity index is 1820. The molecule has 2 aliphatic heterocycles. The van der Waals surface area contributed by atoms with Gasteiger partial charge in [-0.15, -0.1) is 6.42 Å². The van der Waals surface area contributed by atoms with Gasteiger partial charge in [-0.25, -0.2) is 8.78 Å². The second-order valence-electron chi connectivity index (χ2n) is 13.2. The smallest absolute Gasteiger partial charge is 0.319 e. The number of halogens is 2. The van der Waals surface area contributed by atoms with Gasteiger partial charge in [0.2, 0.25) is 0 Å². The Labute approximate surface area is 268 Å². The SMILES string of the molecule is C#Cc1c(F)ccc2cc(O)cc(-c3ncc4c(N5CC(CC)NC(CC)C5)nc(OCC5(CN6CCCC6)CC5)nc4c3F)c12. The molecule has 3 aliphatic rings. The van der Waals surface area contributed by atoms with Crippen LogP contribution in [0.25, 0.3) is 32.9 Å². The number of likely N-dealkylation sites (tertiary alicyclic amines) is 1. The third-order valence-corrected chi connectivity index (χ3v) is 9.96. The fourth-order valence-electron chi connectivity index (χ4n) is 7.14. The Morgan fingerprint density at radius 1 is 1.09 bits per heavy atom. The minimum Gasteiger partial charge on any atom is -0.508 e. The van der Waals surface area contributed by atoms with Crippen LogP contribution in [0.1, 0.15) is 57.9 Å². The van der Waals surface area contributed by atoms with Crippen molar-refractivity contribution in [3.05, 3.63) is 47.7 Å². The summed E-state index contributed by atoms with van der Waals surface area (Å²) >= 11 is 0. The van der Waals surface area contributed by atoms with E-state index in [2.05, 4.69) is 44.9 Å². The lowest BCUT2D eigenvalue weighted by Crippen LogP contribution is -2.56. The number of ether oxygens (including phenoxy) is 1. The molecular weight excluding hydrogens is 586 g/mol. The predicted octanol–water partition coefficient (Wildman–Crippen LogP) is 6.03. The number of phenolic OH excluding ortho intramolecular Hbond substituents is 1. The summed E-state index contributed by atoms with van der Waals surface area (Å²) in [5.74, 6) is 1.54. The van der Waals surface area contributed by atoms with Gasteiger partial charge in [0.1, 0.15) is 28.6 Å². The molecule has 240 valence electrons. The van der Waals surface area contributed by atoms with Gasteiger partial charge in [0.15, 0.2) is 5.82 Å². The highest BCUT2D eigenvalue weighted by atomic mass is 19.1. The van der Waals surface area contributed by atoms with Crippen LogP contribution in [-0.2, 0) is 0 Å². The number of pyridine rings is 1. The van der Waals surface area contributed by atoms with Gasteiger partial charge in [0, 0.05) is 54.3 Å². The molecule has 4 aromatic rings. The zero-order valence-corrected chi connectivity index (χ0v) is 26.5. The van der Waals surface area contributed by atoms with Crippen LogP contribution >= 0.6 is 0 Å². The van der Waals surface area contributed by atoms with Crippen LogP contribution < -0.4 is 15.0 Å². The van der Waals surface area contributed by atoms with E-state index in [9.17, 15) is 9.50 Å². The molecule has 2 aromatic carbocycles. The van der Waals surface area contributed by atoms with E-state index in [0.717, 1.165) is 45.3 Å². The highest BCUT2D eigenvalue weighted by Gasteiger charge is 2.45. The molecule has 46 heavy (non-hydrogen) atoms. The topological polar surface area (TPSA) is 86.6 Å². The van der Waals surface area contributed by atoms with Crippen LogP contribution in [0.4, 0.5) is 14.6 Å². The van der Waals surface area contributed by atoms with E-state index in [1.165, 1.54) is 37.1 Å². The van der Waals surface area contributed by atoms with Crippen molar-refractivity contribution in [3.8, 4) is 35.4 Å². The summed E-state index contributed by atoms with van der Waals surface area (Å²) in [6.45, 7) is 9.39. The number of nitrogens with zero attached hydrogens (tertiary/aromatic N) is 5. The number of hydrogen-bond donors (Lipinski definition) is 2. The lowest BCUT2D eigenvalue weighted by molar-refractivity contribution is 0.170. The van der Waals surface area contributed by atoms with Crippen molar-refractivity contribution in [3.63, 3.8) is 0 Å². The fraction of sp³-hybridized carbons (Fsp3) is 0.472. The maximum atomic E-state index is 16.8. The number of aromatic nitrogens is 3. The Morgan fingerprint density at radius 2 is 1.83 bits per heavy atom. The van der Waals surface area contributed by atoms with Crippen molar-refractivity contribution >= 4 is 27.5 Å². The van der Waals surface area contributed by atoms with Gasteiger partial charge < -0.3 is 25.0 Å². The summed E-state index contributed by atoms with van der Waals surface area (Å²) in [5.41, 5.74) is 0.203. The number of terminal acetylenes is 1. The summed E-state index contributed by atoms with van der Waals surface area (Å²) in [5, 5.41) is 15.5. The molecule has 2 saturated heterocycles. The number of rotatable bonds is 9. The number of phenols is 1. The molecule has 0 amide bonds. The van der Waals surface area contributed by atoms with Gasteiger partial charge in [-0.3, -0.25) is 4.98 Å². The molecular formula is C36H40F2N6O2. The minimum atomic E-state index is -0.711. The molecule has 10 heteroatoms. The summed E-state index contributed by atoms with van der Waals surface area (Å²) in [6, 6.07) is 6.20.